The lowest BCUT2D eigenvalue weighted by molar-refractivity contribution is -0.137. The van der Waals surface area contributed by atoms with Gasteiger partial charge in [0.05, 0.1) is 11.4 Å². The maximum atomic E-state index is 12.8. The number of hydrogen-bond donors (Lipinski definition) is 1. The summed E-state index contributed by atoms with van der Waals surface area (Å²) in [5, 5.41) is 8.95. The van der Waals surface area contributed by atoms with E-state index >= 15 is 0 Å². The number of benzene rings is 1. The highest BCUT2D eigenvalue weighted by molar-refractivity contribution is 7.89. The van der Waals surface area contributed by atoms with Crippen LogP contribution >= 0.6 is 11.6 Å². The van der Waals surface area contributed by atoms with E-state index in [2.05, 4.69) is 0 Å². The zero-order valence-electron chi connectivity index (χ0n) is 12.6. The highest BCUT2D eigenvalue weighted by atomic mass is 35.5. The number of halogens is 1. The SMILES string of the molecule is Cc1ccc(S(=O)(=O)N(CCC(=O)O)C(C)(C)C)c(Cl)c1. The van der Waals surface area contributed by atoms with Gasteiger partial charge in [0.2, 0.25) is 10.0 Å². The van der Waals surface area contributed by atoms with Gasteiger partial charge >= 0.3 is 5.97 Å². The van der Waals surface area contributed by atoms with Gasteiger partial charge in [-0.3, -0.25) is 4.79 Å². The molecule has 1 aromatic rings. The van der Waals surface area contributed by atoms with E-state index in [1.165, 1.54) is 10.4 Å². The van der Waals surface area contributed by atoms with Gasteiger partial charge in [-0.25, -0.2) is 8.42 Å². The normalized spacial score (nSPS) is 12.7. The molecule has 0 saturated carbocycles. The third-order valence-electron chi connectivity index (χ3n) is 2.93. The second-order valence-corrected chi connectivity index (χ2v) is 8.06. The summed E-state index contributed by atoms with van der Waals surface area (Å²) >= 11 is 6.05. The largest absolute Gasteiger partial charge is 0.481 e. The standard InChI is InChI=1S/C14H20ClNO4S/c1-10-5-6-12(11(15)9-10)21(19,20)16(14(2,3)4)8-7-13(17)18/h5-6,9H,7-8H2,1-4H3,(H,17,18). The topological polar surface area (TPSA) is 74.7 Å². The summed E-state index contributed by atoms with van der Waals surface area (Å²) in [5.74, 6) is -1.05. The Labute approximate surface area is 130 Å². The summed E-state index contributed by atoms with van der Waals surface area (Å²) in [7, 11) is -3.86. The highest BCUT2D eigenvalue weighted by Crippen LogP contribution is 2.30. The lowest BCUT2D eigenvalue weighted by Gasteiger charge is -2.34. The zero-order chi connectivity index (χ0) is 16.4. The minimum atomic E-state index is -3.86. The van der Waals surface area contributed by atoms with Crippen LogP contribution in [0.3, 0.4) is 0 Å². The fraction of sp³-hybridized carbons (Fsp3) is 0.500. The number of aliphatic carboxylic acids is 1. The molecule has 0 heterocycles. The lowest BCUT2D eigenvalue weighted by Crippen LogP contribution is -2.46. The van der Waals surface area contributed by atoms with E-state index in [9.17, 15) is 13.2 Å². The molecule has 7 heteroatoms. The quantitative estimate of drug-likeness (QED) is 0.899. The molecule has 21 heavy (non-hydrogen) atoms. The molecule has 0 saturated heterocycles. The molecule has 0 aliphatic rings. The summed E-state index contributed by atoms with van der Waals surface area (Å²) in [6.07, 6.45) is -0.264. The van der Waals surface area contributed by atoms with E-state index in [4.69, 9.17) is 16.7 Å². The maximum absolute atomic E-state index is 12.8. The number of sulfonamides is 1. The Morgan fingerprint density at radius 3 is 2.33 bits per heavy atom. The van der Waals surface area contributed by atoms with Gasteiger partial charge in [-0.2, -0.15) is 4.31 Å². The third-order valence-corrected chi connectivity index (χ3v) is 5.58. The van der Waals surface area contributed by atoms with Gasteiger partial charge < -0.3 is 5.11 Å². The number of carboxylic acid groups (broad SMARTS) is 1. The summed E-state index contributed by atoms with van der Waals surface area (Å²) in [4.78, 5) is 10.8. The van der Waals surface area contributed by atoms with Gasteiger partial charge in [0.25, 0.3) is 0 Å². The van der Waals surface area contributed by atoms with E-state index in [0.717, 1.165) is 5.56 Å². The Hall–Kier alpha value is -1.11. The van der Waals surface area contributed by atoms with Crippen molar-refractivity contribution in [1.29, 1.82) is 0 Å². The summed E-state index contributed by atoms with van der Waals surface area (Å²) in [5.41, 5.74) is 0.106. The van der Waals surface area contributed by atoms with Crippen molar-refractivity contribution >= 4 is 27.6 Å². The molecule has 0 atom stereocenters. The van der Waals surface area contributed by atoms with Crippen LogP contribution in [0.15, 0.2) is 23.1 Å². The first kappa shape index (κ1) is 17.9. The van der Waals surface area contributed by atoms with Gasteiger partial charge in [0.1, 0.15) is 4.90 Å². The van der Waals surface area contributed by atoms with Crippen molar-refractivity contribution in [1.82, 2.24) is 4.31 Å². The van der Waals surface area contributed by atoms with Gasteiger partial charge in [0.15, 0.2) is 0 Å². The van der Waals surface area contributed by atoms with Crippen LogP contribution < -0.4 is 0 Å². The Bertz CT molecular complexity index is 635. The predicted octanol–water partition coefficient (Wildman–Crippen LogP) is 2.91. The second kappa shape index (κ2) is 6.34. The van der Waals surface area contributed by atoms with Crippen LogP contribution in [0.5, 0.6) is 0 Å². The molecule has 0 spiro atoms. The fourth-order valence-corrected chi connectivity index (χ4v) is 4.31. The van der Waals surface area contributed by atoms with E-state index in [0.29, 0.717) is 0 Å². The molecule has 5 nitrogen and oxygen atoms in total. The molecule has 0 aromatic heterocycles. The van der Waals surface area contributed by atoms with Crippen LogP contribution in [0, 0.1) is 6.92 Å². The van der Waals surface area contributed by atoms with Crippen molar-refractivity contribution in [3.8, 4) is 0 Å². The van der Waals surface area contributed by atoms with Crippen LogP contribution in [0.2, 0.25) is 5.02 Å². The highest BCUT2D eigenvalue weighted by Gasteiger charge is 2.35. The first-order valence-corrected chi connectivity index (χ1v) is 8.29. The number of carbonyl (C=O) groups is 1. The minimum absolute atomic E-state index is 0.00456. The van der Waals surface area contributed by atoms with Crippen molar-refractivity contribution in [2.24, 2.45) is 0 Å². The van der Waals surface area contributed by atoms with Crippen molar-refractivity contribution in [3.05, 3.63) is 28.8 Å². The van der Waals surface area contributed by atoms with Gasteiger partial charge in [-0.1, -0.05) is 17.7 Å². The Morgan fingerprint density at radius 1 is 1.33 bits per heavy atom. The second-order valence-electron chi connectivity index (χ2n) is 5.83. The molecule has 0 aliphatic carbocycles. The molecule has 1 aromatic carbocycles. The third kappa shape index (κ3) is 4.43. The molecule has 0 fully saturated rings. The summed E-state index contributed by atoms with van der Waals surface area (Å²) < 4.78 is 26.7. The van der Waals surface area contributed by atoms with Crippen molar-refractivity contribution in [3.63, 3.8) is 0 Å². The maximum Gasteiger partial charge on any atom is 0.304 e. The van der Waals surface area contributed by atoms with E-state index < -0.39 is 21.5 Å². The first-order chi connectivity index (χ1) is 9.46. The molecule has 1 rings (SSSR count). The molecule has 118 valence electrons. The number of aryl methyl sites for hydroxylation is 1. The zero-order valence-corrected chi connectivity index (χ0v) is 14.1. The van der Waals surface area contributed by atoms with Crippen molar-refractivity contribution < 1.29 is 18.3 Å². The van der Waals surface area contributed by atoms with E-state index in [1.54, 1.807) is 32.9 Å². The van der Waals surface area contributed by atoms with Crippen LogP contribution in [-0.2, 0) is 14.8 Å². The average molecular weight is 334 g/mol. The molecule has 0 amide bonds. The van der Waals surface area contributed by atoms with Crippen LogP contribution in [-0.4, -0.2) is 35.9 Å². The van der Waals surface area contributed by atoms with Crippen LogP contribution in [0.1, 0.15) is 32.8 Å². The first-order valence-electron chi connectivity index (χ1n) is 6.47. The van der Waals surface area contributed by atoms with E-state index in [-0.39, 0.29) is 22.9 Å². The van der Waals surface area contributed by atoms with Crippen molar-refractivity contribution in [2.75, 3.05) is 6.54 Å². The Kier molecular flexibility index (Phi) is 5.41. The molecule has 0 aliphatic heterocycles. The number of rotatable bonds is 5. The fourth-order valence-electron chi connectivity index (χ4n) is 1.95. The van der Waals surface area contributed by atoms with Crippen LogP contribution in [0.4, 0.5) is 0 Å². The van der Waals surface area contributed by atoms with Crippen LogP contribution in [0.25, 0.3) is 0 Å². The Balaban J connectivity index is 3.30. The molecular formula is C14H20ClNO4S. The molecule has 0 unspecified atom stereocenters. The van der Waals surface area contributed by atoms with Gasteiger partial charge in [0, 0.05) is 12.1 Å². The Morgan fingerprint density at radius 2 is 1.90 bits per heavy atom. The molecule has 0 radical (unpaired) electrons. The minimum Gasteiger partial charge on any atom is -0.481 e. The van der Waals surface area contributed by atoms with E-state index in [1.807, 2.05) is 6.92 Å². The number of nitrogens with zero attached hydrogens (tertiary/aromatic N) is 1. The van der Waals surface area contributed by atoms with Gasteiger partial charge in [-0.05, 0) is 45.4 Å². The predicted molar refractivity (Wildman–Crippen MR) is 82.1 cm³/mol. The van der Waals surface area contributed by atoms with Gasteiger partial charge in [-0.15, -0.1) is 0 Å². The molecular weight excluding hydrogens is 314 g/mol. The average Bonchev–Trinajstić information content (AvgIpc) is 2.25. The lowest BCUT2D eigenvalue weighted by atomic mass is 10.1. The monoisotopic (exact) mass is 333 g/mol. The number of carboxylic acids is 1. The molecule has 1 N–H and O–H groups in total. The molecule has 0 bridgehead atoms. The van der Waals surface area contributed by atoms with Crippen molar-refractivity contribution in [2.45, 2.75) is 44.6 Å². The smallest absolute Gasteiger partial charge is 0.304 e. The summed E-state index contributed by atoms with van der Waals surface area (Å²) in [6.45, 7) is 6.86. The summed E-state index contributed by atoms with van der Waals surface area (Å²) in [6, 6.07) is 4.69. The number of hydrogen-bond acceptors (Lipinski definition) is 3.